The average Bonchev–Trinajstić information content (AvgIpc) is 2.98. The van der Waals surface area contributed by atoms with Crippen LogP contribution >= 0.6 is 11.3 Å². The van der Waals surface area contributed by atoms with Crippen molar-refractivity contribution >= 4 is 23.3 Å². The molecule has 2 atom stereocenters. The number of hydrogen-bond donors (Lipinski definition) is 0. The Hall–Kier alpha value is -4.75. The van der Waals surface area contributed by atoms with Gasteiger partial charge in [0, 0.05) is 46.7 Å². The van der Waals surface area contributed by atoms with Gasteiger partial charge in [0.1, 0.15) is 5.76 Å². The number of aryl methyl sites for hydroxylation is 2. The van der Waals surface area contributed by atoms with Crippen LogP contribution in [0.15, 0.2) is 116 Å². The molecule has 484 valence electrons. The Morgan fingerprint density at radius 3 is 1.24 bits per heavy atom. The Bertz CT molecular complexity index is 2470. The number of nitrogens with zero attached hydrogens (tertiary/aromatic N) is 5. The van der Waals surface area contributed by atoms with E-state index in [0.29, 0.717) is 71.0 Å². The van der Waals surface area contributed by atoms with Crippen molar-refractivity contribution in [2.75, 3.05) is 6.54 Å². The fourth-order valence-electron chi connectivity index (χ4n) is 10.6. The van der Waals surface area contributed by atoms with Crippen LogP contribution < -0.4 is 0 Å². The van der Waals surface area contributed by atoms with Gasteiger partial charge in [-0.05, 0) is 154 Å². The number of hydrogen-bond acceptors (Lipinski definition) is 7. The molecule has 5 heterocycles. The zero-order valence-corrected chi connectivity index (χ0v) is 60.9. The van der Waals surface area contributed by atoms with E-state index >= 15 is 0 Å². The summed E-state index contributed by atoms with van der Waals surface area (Å²) in [6, 6.07) is 21.3. The first-order valence-corrected chi connectivity index (χ1v) is 34.0. The average molecular weight is 1200 g/mol. The third-order valence-corrected chi connectivity index (χ3v) is 17.0. The molecular weight excluding hydrogens is 1070 g/mol. The van der Waals surface area contributed by atoms with E-state index in [0.717, 1.165) is 48.1 Å². The zero-order valence-electron chi connectivity index (χ0n) is 60.1. The molecule has 0 bridgehead atoms. The molecule has 2 aliphatic heterocycles. The van der Waals surface area contributed by atoms with E-state index in [1.165, 1.54) is 79.5 Å². The van der Waals surface area contributed by atoms with Gasteiger partial charge >= 0.3 is 0 Å². The van der Waals surface area contributed by atoms with Crippen molar-refractivity contribution in [3.05, 3.63) is 157 Å². The van der Waals surface area contributed by atoms with Crippen molar-refractivity contribution in [1.29, 1.82) is 0 Å². The maximum Gasteiger partial charge on any atom is 0.181 e. The number of aliphatic imine (C=N–C) groups is 2. The fourth-order valence-corrected chi connectivity index (χ4v) is 11.6. The topological polar surface area (TPSA) is 76.5 Å². The maximum atomic E-state index is 5.28. The Kier molecular flexibility index (Phi) is 39.2. The molecule has 2 unspecified atom stereocenters. The molecule has 0 radical (unpaired) electrons. The van der Waals surface area contributed by atoms with E-state index in [1.54, 1.807) is 11.3 Å². The van der Waals surface area contributed by atoms with E-state index < -0.39 is 0 Å². The lowest BCUT2D eigenvalue weighted by Gasteiger charge is -2.14. The molecule has 0 amide bonds. The maximum absolute atomic E-state index is 5.28. The monoisotopic (exact) mass is 1200 g/mol. The van der Waals surface area contributed by atoms with Crippen LogP contribution in [0.4, 0.5) is 0 Å². The summed E-state index contributed by atoms with van der Waals surface area (Å²) in [5, 5.41) is 0. The Morgan fingerprint density at radius 1 is 0.453 bits per heavy atom. The molecule has 1 saturated carbocycles. The molecule has 1 aliphatic carbocycles. The standard InChI is InChI=1S/C12H18.C11H17N.2C10H17N.C9H15NO.C9H15NS.C9H18.C8H10.CH4/c1-9(2)11-7-5-6-8-12(11)10(3)4;1-8(2)10-6-5-7-12-11(10)9(3)4;2*1-7(2)9-5-6-11-10(9)8(3)4;2*1-6(2)8-9(7(3)4)11-5-10-8;1-6(2)8-5-9(8)7(3)4;1-7-5-3-4-6-8(7)2;/h5-10H,1-4H3;5-9H,1-4H3;6-8H,5H2,1-4H3;5,7-8H,6H2,1-4H3;2*5-7H,1-4H3;6-9H,5H2,1-4H3;3-6H,1-2H3;1H4. The number of aromatic nitrogens is 3. The molecule has 2 aromatic carbocycles. The van der Waals surface area contributed by atoms with E-state index in [-0.39, 0.29) is 7.43 Å². The molecule has 86 heavy (non-hydrogen) atoms. The summed E-state index contributed by atoms with van der Waals surface area (Å²) in [6.07, 6.45) is 10.3. The van der Waals surface area contributed by atoms with Crippen LogP contribution in [0.2, 0.25) is 0 Å². The van der Waals surface area contributed by atoms with Gasteiger partial charge in [0.05, 0.1) is 23.4 Å². The Labute approximate surface area is 536 Å². The number of pyridine rings is 1. The second-order valence-corrected chi connectivity index (χ2v) is 29.0. The summed E-state index contributed by atoms with van der Waals surface area (Å²) in [4.78, 5) is 23.2. The molecule has 3 aromatic heterocycles. The van der Waals surface area contributed by atoms with Gasteiger partial charge in [-0.25, -0.2) is 9.97 Å². The molecule has 0 saturated heterocycles. The van der Waals surface area contributed by atoms with Gasteiger partial charge in [0.15, 0.2) is 6.39 Å². The molecule has 0 spiro atoms. The SMILES string of the molecule is C.CC(C)C1=C(C(C)C)N=CC1.CC(C)C1=CCN=C1C(C)C.CC(C)C1CC1C(C)C.CC(C)c1ccccc1C(C)C.CC(C)c1cccnc1C(C)C.CC(C)c1ncoc1C(C)C.CC(C)c1ncsc1C(C)C.Cc1ccccc1C. The lowest BCUT2D eigenvalue weighted by Crippen LogP contribution is -2.12. The second kappa shape index (κ2) is 41.5. The summed E-state index contributed by atoms with van der Waals surface area (Å²) in [7, 11) is 0. The molecule has 1 fully saturated rings. The van der Waals surface area contributed by atoms with Gasteiger partial charge < -0.3 is 4.42 Å². The Balaban J connectivity index is 0.000000961. The van der Waals surface area contributed by atoms with Gasteiger partial charge in [-0.15, -0.1) is 11.3 Å². The minimum Gasteiger partial charge on any atom is -0.448 e. The molecular formula is C79H131N5OS. The number of allylic oxidation sites excluding steroid dienone is 3. The fraction of sp³-hybridized carbons (Fsp3) is 0.633. The number of thiazole rings is 1. The summed E-state index contributed by atoms with van der Waals surface area (Å²) >= 11 is 1.77. The molecule has 7 heteroatoms. The highest BCUT2D eigenvalue weighted by Gasteiger charge is 2.40. The first-order valence-electron chi connectivity index (χ1n) is 33.1. The van der Waals surface area contributed by atoms with E-state index in [1.807, 2.05) is 24.0 Å². The number of benzene rings is 2. The van der Waals surface area contributed by atoms with Crippen molar-refractivity contribution in [3.8, 4) is 0 Å². The van der Waals surface area contributed by atoms with Crippen molar-refractivity contribution in [2.45, 2.75) is 275 Å². The summed E-state index contributed by atoms with van der Waals surface area (Å²) in [5.41, 5.74) is 18.3. The quantitative estimate of drug-likeness (QED) is 0.111. The molecule has 5 aromatic rings. The molecule has 0 N–H and O–H groups in total. The summed E-state index contributed by atoms with van der Waals surface area (Å²) < 4.78 is 5.28. The highest BCUT2D eigenvalue weighted by atomic mass is 32.1. The highest BCUT2D eigenvalue weighted by Crippen LogP contribution is 2.48. The second-order valence-electron chi connectivity index (χ2n) is 28.1. The van der Waals surface area contributed by atoms with Crippen molar-refractivity contribution in [2.24, 2.45) is 57.3 Å². The van der Waals surface area contributed by atoms with Crippen LogP contribution in [0.5, 0.6) is 0 Å². The van der Waals surface area contributed by atoms with Gasteiger partial charge in [0.2, 0.25) is 0 Å². The normalized spacial score (nSPS) is 15.0. The van der Waals surface area contributed by atoms with E-state index in [4.69, 9.17) is 4.42 Å². The van der Waals surface area contributed by atoms with Crippen LogP contribution in [0.3, 0.4) is 0 Å². The summed E-state index contributed by atoms with van der Waals surface area (Å²) in [6.45, 7) is 67.4. The predicted octanol–water partition coefficient (Wildman–Crippen LogP) is 25.2. The van der Waals surface area contributed by atoms with Crippen molar-refractivity contribution < 1.29 is 4.42 Å². The lowest BCUT2D eigenvalue weighted by atomic mass is 9.91. The van der Waals surface area contributed by atoms with Gasteiger partial charge in [-0.3, -0.25) is 15.0 Å². The molecule has 8 rings (SSSR count). The Morgan fingerprint density at radius 2 is 0.930 bits per heavy atom. The first kappa shape index (κ1) is 81.2. The van der Waals surface area contributed by atoms with Gasteiger partial charge in [0.25, 0.3) is 0 Å². The molecule has 6 nitrogen and oxygen atoms in total. The number of rotatable bonds is 14. The third-order valence-electron chi connectivity index (χ3n) is 15.9. The van der Waals surface area contributed by atoms with Crippen LogP contribution in [0, 0.1) is 61.2 Å². The van der Waals surface area contributed by atoms with Crippen molar-refractivity contribution in [3.63, 3.8) is 0 Å². The number of oxazole rings is 1. The van der Waals surface area contributed by atoms with E-state index in [9.17, 15) is 0 Å². The third kappa shape index (κ3) is 28.6. The summed E-state index contributed by atoms with van der Waals surface area (Å²) in [5.74, 6) is 12.0. The van der Waals surface area contributed by atoms with Crippen LogP contribution in [-0.4, -0.2) is 33.4 Å². The van der Waals surface area contributed by atoms with Gasteiger partial charge in [-0.1, -0.05) is 262 Å². The van der Waals surface area contributed by atoms with E-state index in [2.05, 4.69) is 293 Å². The molecule has 3 aliphatic rings. The van der Waals surface area contributed by atoms with Crippen LogP contribution in [-0.2, 0) is 0 Å². The zero-order chi connectivity index (χ0) is 65.0. The smallest absolute Gasteiger partial charge is 0.181 e. The van der Waals surface area contributed by atoms with Crippen LogP contribution in [0.25, 0.3) is 0 Å². The highest BCUT2D eigenvalue weighted by molar-refractivity contribution is 7.09. The first-order chi connectivity index (χ1) is 39.7. The van der Waals surface area contributed by atoms with Crippen molar-refractivity contribution in [1.82, 2.24) is 15.0 Å². The lowest BCUT2D eigenvalue weighted by molar-refractivity contribution is 0.448. The minimum absolute atomic E-state index is 0. The predicted molar refractivity (Wildman–Crippen MR) is 386 cm³/mol. The largest absolute Gasteiger partial charge is 0.448 e. The van der Waals surface area contributed by atoms with Crippen LogP contribution in [0.1, 0.15) is 317 Å². The van der Waals surface area contributed by atoms with Gasteiger partial charge in [-0.2, -0.15) is 0 Å². The minimum atomic E-state index is 0.